The average Bonchev–Trinajstić information content (AvgIpc) is 2.82. The predicted molar refractivity (Wildman–Crippen MR) is 80.3 cm³/mol. The number of rotatable bonds is 5. The van der Waals surface area contributed by atoms with Crippen LogP contribution in [0.2, 0.25) is 0 Å². The van der Waals surface area contributed by atoms with Gasteiger partial charge in [-0.3, -0.25) is 9.63 Å². The van der Waals surface area contributed by atoms with E-state index in [0.717, 1.165) is 5.56 Å². The number of aryl methyl sites for hydroxylation is 1. The molecule has 0 aliphatic carbocycles. The number of esters is 1. The minimum Gasteiger partial charge on any atom is -0.465 e. The molecule has 6 heteroatoms. The number of hydrogen-bond acceptors (Lipinski definition) is 4. The van der Waals surface area contributed by atoms with E-state index in [1.54, 1.807) is 13.8 Å². The lowest BCUT2D eigenvalue weighted by molar-refractivity contribution is 0.0229. The number of amides is 1. The van der Waals surface area contributed by atoms with Crippen LogP contribution < -0.4 is 5.48 Å². The lowest BCUT2D eigenvalue weighted by atomic mass is 10.1. The van der Waals surface area contributed by atoms with Crippen molar-refractivity contribution in [2.75, 3.05) is 7.11 Å². The minimum atomic E-state index is -0.476. The summed E-state index contributed by atoms with van der Waals surface area (Å²) in [4.78, 5) is 31.9. The van der Waals surface area contributed by atoms with Crippen molar-refractivity contribution in [3.8, 4) is 0 Å². The Bertz CT molecular complexity index is 677. The van der Waals surface area contributed by atoms with Crippen molar-refractivity contribution in [1.82, 2.24) is 10.5 Å². The molecule has 0 saturated heterocycles. The molecule has 1 amide bonds. The minimum absolute atomic E-state index is 0.259. The Morgan fingerprint density at radius 2 is 1.86 bits per heavy atom. The van der Waals surface area contributed by atoms with Crippen LogP contribution in [0.4, 0.5) is 0 Å². The van der Waals surface area contributed by atoms with Gasteiger partial charge >= 0.3 is 5.97 Å². The van der Waals surface area contributed by atoms with Gasteiger partial charge in [0.15, 0.2) is 0 Å². The molecular weight excluding hydrogens is 284 g/mol. The zero-order valence-corrected chi connectivity index (χ0v) is 12.7. The van der Waals surface area contributed by atoms with E-state index in [-0.39, 0.29) is 12.3 Å². The van der Waals surface area contributed by atoms with Gasteiger partial charge in [-0.15, -0.1) is 0 Å². The second-order valence-corrected chi connectivity index (χ2v) is 4.82. The highest BCUT2D eigenvalue weighted by Gasteiger charge is 2.22. The smallest absolute Gasteiger partial charge is 0.339 e. The third kappa shape index (κ3) is 3.35. The molecule has 0 aliphatic heterocycles. The molecule has 116 valence electrons. The zero-order valence-electron chi connectivity index (χ0n) is 12.7. The van der Waals surface area contributed by atoms with Gasteiger partial charge in [0.05, 0.1) is 19.3 Å². The average molecular weight is 302 g/mol. The van der Waals surface area contributed by atoms with E-state index in [1.165, 1.54) is 7.11 Å². The first-order valence-electron chi connectivity index (χ1n) is 6.78. The van der Waals surface area contributed by atoms with Crippen LogP contribution in [-0.4, -0.2) is 24.0 Å². The van der Waals surface area contributed by atoms with Gasteiger partial charge in [-0.1, -0.05) is 30.3 Å². The molecule has 2 N–H and O–H groups in total. The zero-order chi connectivity index (χ0) is 16.1. The maximum absolute atomic E-state index is 12.1. The summed E-state index contributed by atoms with van der Waals surface area (Å²) in [5, 5.41) is 0. The van der Waals surface area contributed by atoms with Crippen molar-refractivity contribution < 1.29 is 19.2 Å². The van der Waals surface area contributed by atoms with Crippen LogP contribution in [0.5, 0.6) is 0 Å². The SMILES string of the molecule is COC(=O)c1c(C)[nH]c(C(=O)NOCc2ccccc2)c1C. The fourth-order valence-corrected chi connectivity index (χ4v) is 2.20. The molecule has 0 bridgehead atoms. The van der Waals surface area contributed by atoms with Crippen molar-refractivity contribution >= 4 is 11.9 Å². The van der Waals surface area contributed by atoms with E-state index >= 15 is 0 Å². The molecule has 0 saturated carbocycles. The van der Waals surface area contributed by atoms with E-state index in [0.29, 0.717) is 16.8 Å². The summed E-state index contributed by atoms with van der Waals surface area (Å²) < 4.78 is 4.71. The number of H-pyrrole nitrogens is 1. The lowest BCUT2D eigenvalue weighted by Crippen LogP contribution is -2.24. The molecule has 1 aromatic carbocycles. The standard InChI is InChI=1S/C16H18N2O4/c1-10-13(16(20)21-3)11(2)17-14(10)15(19)18-22-9-12-7-5-4-6-8-12/h4-8,17H,9H2,1-3H3,(H,18,19). The maximum atomic E-state index is 12.1. The Balaban J connectivity index is 2.03. The molecule has 0 radical (unpaired) electrons. The van der Waals surface area contributed by atoms with E-state index < -0.39 is 11.9 Å². The number of methoxy groups -OCH3 is 1. The molecule has 2 rings (SSSR count). The van der Waals surface area contributed by atoms with Crippen molar-refractivity contribution in [3.63, 3.8) is 0 Å². The van der Waals surface area contributed by atoms with Crippen molar-refractivity contribution in [3.05, 3.63) is 58.4 Å². The van der Waals surface area contributed by atoms with Crippen LogP contribution in [0.15, 0.2) is 30.3 Å². The Kier molecular flexibility index (Phi) is 4.95. The number of hydroxylamine groups is 1. The van der Waals surface area contributed by atoms with Crippen molar-refractivity contribution in [1.29, 1.82) is 0 Å². The number of carbonyl (C=O) groups excluding carboxylic acids is 2. The fourth-order valence-electron chi connectivity index (χ4n) is 2.20. The second-order valence-electron chi connectivity index (χ2n) is 4.82. The van der Waals surface area contributed by atoms with Crippen LogP contribution in [0.25, 0.3) is 0 Å². The second kappa shape index (κ2) is 6.91. The fraction of sp³-hybridized carbons (Fsp3) is 0.250. The Hall–Kier alpha value is -2.60. The molecule has 0 fully saturated rings. The Morgan fingerprint density at radius 1 is 1.18 bits per heavy atom. The van der Waals surface area contributed by atoms with E-state index in [9.17, 15) is 9.59 Å². The Labute approximate surface area is 128 Å². The highest BCUT2D eigenvalue weighted by Crippen LogP contribution is 2.18. The monoisotopic (exact) mass is 302 g/mol. The van der Waals surface area contributed by atoms with E-state index in [4.69, 9.17) is 9.57 Å². The van der Waals surface area contributed by atoms with Gasteiger partial charge in [-0.25, -0.2) is 10.3 Å². The number of ether oxygens (including phenoxy) is 1. The first-order valence-corrected chi connectivity index (χ1v) is 6.78. The quantitative estimate of drug-likeness (QED) is 0.656. The summed E-state index contributed by atoms with van der Waals surface area (Å²) >= 11 is 0. The summed E-state index contributed by atoms with van der Waals surface area (Å²) in [5.41, 5.74) is 5.07. The van der Waals surface area contributed by atoms with Crippen molar-refractivity contribution in [2.24, 2.45) is 0 Å². The molecule has 22 heavy (non-hydrogen) atoms. The maximum Gasteiger partial charge on any atom is 0.339 e. The van der Waals surface area contributed by atoms with Gasteiger partial charge in [0.25, 0.3) is 5.91 Å². The molecule has 0 atom stereocenters. The number of nitrogens with one attached hydrogen (secondary N) is 2. The molecule has 0 unspecified atom stereocenters. The highest BCUT2D eigenvalue weighted by molar-refractivity contribution is 6.00. The summed E-state index contributed by atoms with van der Waals surface area (Å²) in [7, 11) is 1.30. The molecular formula is C16H18N2O4. The van der Waals surface area contributed by atoms with Gasteiger partial charge in [0.1, 0.15) is 5.69 Å². The highest BCUT2D eigenvalue weighted by atomic mass is 16.6. The normalized spacial score (nSPS) is 10.3. The summed E-state index contributed by atoms with van der Waals surface area (Å²) in [6.45, 7) is 3.65. The number of aromatic amines is 1. The Morgan fingerprint density at radius 3 is 2.50 bits per heavy atom. The third-order valence-electron chi connectivity index (χ3n) is 3.30. The van der Waals surface area contributed by atoms with Gasteiger partial charge in [-0.2, -0.15) is 0 Å². The van der Waals surface area contributed by atoms with Gasteiger partial charge in [0.2, 0.25) is 0 Å². The number of aromatic nitrogens is 1. The number of benzene rings is 1. The van der Waals surface area contributed by atoms with Crippen LogP contribution in [0.1, 0.15) is 37.7 Å². The van der Waals surface area contributed by atoms with Gasteiger partial charge in [0, 0.05) is 5.69 Å². The molecule has 0 aliphatic rings. The van der Waals surface area contributed by atoms with Crippen LogP contribution >= 0.6 is 0 Å². The molecule has 1 aromatic heterocycles. The van der Waals surface area contributed by atoms with E-state index in [2.05, 4.69) is 10.5 Å². The third-order valence-corrected chi connectivity index (χ3v) is 3.30. The number of hydrogen-bond donors (Lipinski definition) is 2. The van der Waals surface area contributed by atoms with Crippen LogP contribution in [-0.2, 0) is 16.2 Å². The molecule has 0 spiro atoms. The first kappa shape index (κ1) is 15.8. The summed E-state index contributed by atoms with van der Waals surface area (Å²) in [6.07, 6.45) is 0. The van der Waals surface area contributed by atoms with Crippen molar-refractivity contribution in [2.45, 2.75) is 20.5 Å². The van der Waals surface area contributed by atoms with Crippen LogP contribution in [0.3, 0.4) is 0 Å². The molecule has 1 heterocycles. The number of carbonyl (C=O) groups is 2. The largest absolute Gasteiger partial charge is 0.465 e. The lowest BCUT2D eigenvalue weighted by Gasteiger charge is -2.06. The first-order chi connectivity index (χ1) is 10.5. The summed E-state index contributed by atoms with van der Waals surface area (Å²) in [6, 6.07) is 9.47. The predicted octanol–water partition coefficient (Wildman–Crippen LogP) is 2.28. The van der Waals surface area contributed by atoms with E-state index in [1.807, 2.05) is 30.3 Å². The summed E-state index contributed by atoms with van der Waals surface area (Å²) in [5.74, 6) is -0.915. The van der Waals surface area contributed by atoms with Gasteiger partial charge in [-0.05, 0) is 25.0 Å². The molecule has 2 aromatic rings. The van der Waals surface area contributed by atoms with Crippen LogP contribution in [0, 0.1) is 13.8 Å². The molecule has 6 nitrogen and oxygen atoms in total. The topological polar surface area (TPSA) is 80.4 Å². The van der Waals surface area contributed by atoms with Gasteiger partial charge < -0.3 is 9.72 Å².